The molecule has 2 atom stereocenters. The summed E-state index contributed by atoms with van der Waals surface area (Å²) in [6.45, 7) is 8.73. The van der Waals surface area contributed by atoms with E-state index >= 15 is 0 Å². The Morgan fingerprint density at radius 1 is 1.10 bits per heavy atom. The number of aromatic nitrogens is 2. The van der Waals surface area contributed by atoms with Crippen molar-refractivity contribution < 1.29 is 0 Å². The molecule has 3 heterocycles. The van der Waals surface area contributed by atoms with E-state index in [1.807, 2.05) is 24.4 Å². The molecule has 1 aliphatic rings. The quantitative estimate of drug-likeness (QED) is 0.502. The first-order valence-corrected chi connectivity index (χ1v) is 11.0. The Kier molecular flexibility index (Phi) is 5.49. The van der Waals surface area contributed by atoms with Crippen LogP contribution in [0.25, 0.3) is 5.69 Å². The summed E-state index contributed by atoms with van der Waals surface area (Å²) < 4.78 is 3.39. The Labute approximate surface area is 186 Å². The topological polar surface area (TPSA) is 33.1 Å². The minimum Gasteiger partial charge on any atom is -0.352 e. The van der Waals surface area contributed by atoms with Crippen LogP contribution in [0, 0.1) is 13.8 Å². The van der Waals surface area contributed by atoms with Gasteiger partial charge in [-0.1, -0.05) is 18.2 Å². The van der Waals surface area contributed by atoms with Gasteiger partial charge in [0.1, 0.15) is 0 Å². The van der Waals surface area contributed by atoms with Crippen LogP contribution in [0.2, 0.25) is 0 Å². The standard InChI is InChI=1S/C23H25BrN4S/c1-14(2)27-22(21(26-23(27)29)19-10-7-8-12-25-19)17-13-15(3)28(16(17)4)20-11-6-5-9-18(20)24/h5-14,21-22H,1-4H3,(H,26,29). The largest absolute Gasteiger partial charge is 0.352 e. The molecule has 6 heteroatoms. The number of rotatable bonds is 4. The van der Waals surface area contributed by atoms with E-state index < -0.39 is 0 Å². The molecule has 4 nitrogen and oxygen atoms in total. The van der Waals surface area contributed by atoms with Crippen molar-refractivity contribution in [1.82, 2.24) is 19.8 Å². The van der Waals surface area contributed by atoms with Gasteiger partial charge in [0.15, 0.2) is 5.11 Å². The van der Waals surface area contributed by atoms with E-state index in [-0.39, 0.29) is 18.1 Å². The number of nitrogens with one attached hydrogen (secondary N) is 1. The van der Waals surface area contributed by atoms with Crippen molar-refractivity contribution in [2.45, 2.75) is 45.8 Å². The molecule has 29 heavy (non-hydrogen) atoms. The number of thiocarbonyl (C=S) groups is 1. The second kappa shape index (κ2) is 7.92. The first kappa shape index (κ1) is 20.1. The number of para-hydroxylation sites is 1. The van der Waals surface area contributed by atoms with Crippen LogP contribution in [0.5, 0.6) is 0 Å². The van der Waals surface area contributed by atoms with E-state index in [1.165, 1.54) is 17.0 Å². The third-order valence-electron chi connectivity index (χ3n) is 5.57. The summed E-state index contributed by atoms with van der Waals surface area (Å²) in [7, 11) is 0. The Bertz CT molecular complexity index is 1040. The van der Waals surface area contributed by atoms with Crippen LogP contribution in [0.3, 0.4) is 0 Å². The van der Waals surface area contributed by atoms with Crippen LogP contribution in [-0.4, -0.2) is 25.6 Å². The van der Waals surface area contributed by atoms with Crippen molar-refractivity contribution in [3.63, 3.8) is 0 Å². The van der Waals surface area contributed by atoms with E-state index in [1.54, 1.807) is 0 Å². The molecule has 0 aliphatic carbocycles. The fraction of sp³-hybridized carbons (Fsp3) is 0.304. The predicted octanol–water partition coefficient (Wildman–Crippen LogP) is 5.63. The van der Waals surface area contributed by atoms with Crippen molar-refractivity contribution in [3.8, 4) is 5.69 Å². The predicted molar refractivity (Wildman–Crippen MR) is 125 cm³/mol. The molecule has 1 saturated heterocycles. The number of pyridine rings is 1. The molecule has 2 unspecified atom stereocenters. The summed E-state index contributed by atoms with van der Waals surface area (Å²) in [4.78, 5) is 6.94. The highest BCUT2D eigenvalue weighted by Gasteiger charge is 2.42. The number of benzene rings is 1. The third kappa shape index (κ3) is 3.49. The molecule has 0 bridgehead atoms. The lowest BCUT2D eigenvalue weighted by atomic mass is 9.96. The van der Waals surface area contributed by atoms with Crippen molar-refractivity contribution in [2.24, 2.45) is 0 Å². The summed E-state index contributed by atoms with van der Waals surface area (Å²) in [6, 6.07) is 17.1. The van der Waals surface area contributed by atoms with E-state index in [4.69, 9.17) is 12.2 Å². The second-order valence-electron chi connectivity index (χ2n) is 7.74. The molecular formula is C23H25BrN4S. The summed E-state index contributed by atoms with van der Waals surface area (Å²) in [5.74, 6) is 0. The first-order valence-electron chi connectivity index (χ1n) is 9.83. The average molecular weight is 469 g/mol. The van der Waals surface area contributed by atoms with Crippen LogP contribution >= 0.6 is 28.1 Å². The van der Waals surface area contributed by atoms with Crippen LogP contribution in [0.4, 0.5) is 0 Å². The fourth-order valence-corrected chi connectivity index (χ4v) is 5.26. The van der Waals surface area contributed by atoms with Gasteiger partial charge in [-0.05, 0) is 91.7 Å². The maximum absolute atomic E-state index is 5.74. The number of nitrogens with zero attached hydrogens (tertiary/aromatic N) is 3. The van der Waals surface area contributed by atoms with Crippen LogP contribution in [-0.2, 0) is 0 Å². The summed E-state index contributed by atoms with van der Waals surface area (Å²) >= 11 is 9.45. The molecule has 0 radical (unpaired) electrons. The zero-order valence-electron chi connectivity index (χ0n) is 17.1. The molecule has 1 aromatic carbocycles. The Hall–Kier alpha value is -2.18. The van der Waals surface area contributed by atoms with Gasteiger partial charge in [-0.2, -0.15) is 0 Å². The van der Waals surface area contributed by atoms with E-state index in [0.717, 1.165) is 21.0 Å². The highest BCUT2D eigenvalue weighted by atomic mass is 79.9. The molecule has 0 spiro atoms. The van der Waals surface area contributed by atoms with Gasteiger partial charge in [0, 0.05) is 28.1 Å². The number of hydrogen-bond acceptors (Lipinski definition) is 2. The smallest absolute Gasteiger partial charge is 0.170 e. The highest BCUT2D eigenvalue weighted by Crippen LogP contribution is 2.42. The molecule has 1 N–H and O–H groups in total. The van der Waals surface area contributed by atoms with Gasteiger partial charge in [0.25, 0.3) is 0 Å². The van der Waals surface area contributed by atoms with E-state index in [2.05, 4.69) is 93.7 Å². The monoisotopic (exact) mass is 468 g/mol. The van der Waals surface area contributed by atoms with E-state index in [9.17, 15) is 0 Å². The maximum atomic E-state index is 5.74. The van der Waals surface area contributed by atoms with Crippen LogP contribution in [0.1, 0.15) is 48.6 Å². The summed E-state index contributed by atoms with van der Waals surface area (Å²) in [6.07, 6.45) is 1.85. The lowest BCUT2D eigenvalue weighted by Gasteiger charge is -2.31. The van der Waals surface area contributed by atoms with Crippen molar-refractivity contribution in [1.29, 1.82) is 0 Å². The average Bonchev–Trinajstić information content (AvgIpc) is 3.19. The molecule has 1 fully saturated rings. The molecule has 3 aromatic rings. The Morgan fingerprint density at radius 2 is 1.83 bits per heavy atom. The van der Waals surface area contributed by atoms with E-state index in [0.29, 0.717) is 0 Å². The minimum absolute atomic E-state index is 0.0132. The van der Waals surface area contributed by atoms with Gasteiger partial charge in [0.05, 0.1) is 23.5 Å². The SMILES string of the molecule is Cc1cc(C2C(c3ccccn3)NC(=S)N2C(C)C)c(C)n1-c1ccccc1Br. The van der Waals surface area contributed by atoms with Gasteiger partial charge in [-0.3, -0.25) is 4.98 Å². The van der Waals surface area contributed by atoms with Gasteiger partial charge >= 0.3 is 0 Å². The molecular weight excluding hydrogens is 444 g/mol. The lowest BCUT2D eigenvalue weighted by molar-refractivity contribution is 0.269. The molecule has 150 valence electrons. The fourth-order valence-electron chi connectivity index (χ4n) is 4.34. The first-order chi connectivity index (χ1) is 13.9. The van der Waals surface area contributed by atoms with Crippen molar-refractivity contribution in [2.75, 3.05) is 0 Å². The summed E-state index contributed by atoms with van der Waals surface area (Å²) in [5.41, 5.74) is 5.85. The second-order valence-corrected chi connectivity index (χ2v) is 8.98. The molecule has 1 aliphatic heterocycles. The van der Waals surface area contributed by atoms with Gasteiger partial charge in [-0.25, -0.2) is 0 Å². The van der Waals surface area contributed by atoms with Crippen molar-refractivity contribution >= 4 is 33.3 Å². The third-order valence-corrected chi connectivity index (χ3v) is 6.57. The number of halogens is 1. The summed E-state index contributed by atoms with van der Waals surface area (Å²) in [5, 5.41) is 4.32. The highest BCUT2D eigenvalue weighted by molar-refractivity contribution is 9.10. The van der Waals surface area contributed by atoms with Crippen molar-refractivity contribution in [3.05, 3.63) is 81.8 Å². The van der Waals surface area contributed by atoms with Crippen LogP contribution in [0.15, 0.2) is 59.2 Å². The number of hydrogen-bond donors (Lipinski definition) is 1. The zero-order chi connectivity index (χ0) is 20.7. The molecule has 4 rings (SSSR count). The minimum atomic E-state index is 0.0132. The van der Waals surface area contributed by atoms with Gasteiger partial charge < -0.3 is 14.8 Å². The van der Waals surface area contributed by atoms with Crippen LogP contribution < -0.4 is 5.32 Å². The number of aryl methyl sites for hydroxylation is 1. The Balaban J connectivity index is 1.88. The maximum Gasteiger partial charge on any atom is 0.170 e. The zero-order valence-corrected chi connectivity index (χ0v) is 19.5. The lowest BCUT2D eigenvalue weighted by Crippen LogP contribution is -2.35. The molecule has 0 amide bonds. The Morgan fingerprint density at radius 3 is 2.48 bits per heavy atom. The molecule has 2 aromatic heterocycles. The van der Waals surface area contributed by atoms with Gasteiger partial charge in [-0.15, -0.1) is 0 Å². The normalized spacial score (nSPS) is 19.1. The molecule has 0 saturated carbocycles. The van der Waals surface area contributed by atoms with Gasteiger partial charge in [0.2, 0.25) is 0 Å².